The molecule has 0 saturated carbocycles. The molecule has 6 heteroatoms. The first-order valence-electron chi connectivity index (χ1n) is 8.52. The number of rotatable bonds is 11. The topological polar surface area (TPSA) is 58.1 Å². The Morgan fingerprint density at radius 2 is 2.04 bits per heavy atom. The summed E-state index contributed by atoms with van der Waals surface area (Å²) in [6.45, 7) is 7.20. The molecule has 2 N–H and O–H groups in total. The van der Waals surface area contributed by atoms with Gasteiger partial charge in [0.15, 0.2) is 5.96 Å². The Balaban J connectivity index is 2.39. The molecule has 24 heavy (non-hydrogen) atoms. The fourth-order valence-electron chi connectivity index (χ4n) is 2.20. The van der Waals surface area contributed by atoms with Crippen LogP contribution in [0.25, 0.3) is 0 Å². The summed E-state index contributed by atoms with van der Waals surface area (Å²) in [6.07, 6.45) is 1.06. The lowest BCUT2D eigenvalue weighted by molar-refractivity contribution is 0.161. The van der Waals surface area contributed by atoms with Crippen LogP contribution >= 0.6 is 0 Å². The molecule has 0 amide bonds. The molecule has 0 heterocycles. The number of aliphatic imine (C=N–C) groups is 1. The highest BCUT2D eigenvalue weighted by Crippen LogP contribution is 2.13. The van der Waals surface area contributed by atoms with Crippen molar-refractivity contribution in [3.05, 3.63) is 29.8 Å². The van der Waals surface area contributed by atoms with Crippen molar-refractivity contribution in [3.8, 4) is 5.75 Å². The van der Waals surface area contributed by atoms with Crippen LogP contribution in [-0.2, 0) is 11.3 Å². The normalized spacial score (nSPS) is 11.6. The van der Waals surface area contributed by atoms with E-state index < -0.39 is 0 Å². The number of likely N-dealkylation sites (N-methyl/N-ethyl adjacent to an activating group) is 1. The largest absolute Gasteiger partial charge is 0.497 e. The van der Waals surface area contributed by atoms with Crippen LogP contribution in [0.15, 0.2) is 29.3 Å². The summed E-state index contributed by atoms with van der Waals surface area (Å²) in [7, 11) is 5.52. The van der Waals surface area contributed by atoms with Crippen LogP contribution in [0.2, 0.25) is 0 Å². The average molecular weight is 336 g/mol. The van der Waals surface area contributed by atoms with E-state index in [2.05, 4.69) is 40.6 Å². The fourth-order valence-corrected chi connectivity index (χ4v) is 2.20. The van der Waals surface area contributed by atoms with Crippen LogP contribution in [0.4, 0.5) is 0 Å². The zero-order valence-corrected chi connectivity index (χ0v) is 15.5. The summed E-state index contributed by atoms with van der Waals surface area (Å²) >= 11 is 0. The number of benzene rings is 1. The Morgan fingerprint density at radius 1 is 1.21 bits per heavy atom. The van der Waals surface area contributed by atoms with Crippen LogP contribution < -0.4 is 15.4 Å². The molecule has 6 nitrogen and oxygen atoms in total. The van der Waals surface area contributed by atoms with Gasteiger partial charge in [0.25, 0.3) is 0 Å². The molecular formula is C18H32N4O2. The molecule has 1 aromatic carbocycles. The van der Waals surface area contributed by atoms with E-state index in [0.717, 1.165) is 56.5 Å². The van der Waals surface area contributed by atoms with Gasteiger partial charge >= 0.3 is 0 Å². The maximum atomic E-state index is 5.25. The third-order valence-electron chi connectivity index (χ3n) is 3.58. The molecule has 0 spiro atoms. The molecule has 0 aliphatic carbocycles. The molecule has 0 aliphatic rings. The molecule has 0 radical (unpaired) electrons. The minimum Gasteiger partial charge on any atom is -0.497 e. The maximum absolute atomic E-state index is 5.25. The van der Waals surface area contributed by atoms with Gasteiger partial charge in [0, 0.05) is 26.7 Å². The minimum atomic E-state index is 0.625. The predicted molar refractivity (Wildman–Crippen MR) is 99.8 cm³/mol. The van der Waals surface area contributed by atoms with E-state index in [9.17, 15) is 0 Å². The molecule has 1 aromatic rings. The van der Waals surface area contributed by atoms with Gasteiger partial charge in [0.2, 0.25) is 0 Å². The number of methoxy groups -OCH3 is 2. The molecule has 0 unspecified atom stereocenters. The Hall–Kier alpha value is -1.79. The molecule has 0 bridgehead atoms. The van der Waals surface area contributed by atoms with Gasteiger partial charge in [0.1, 0.15) is 5.75 Å². The summed E-state index contributed by atoms with van der Waals surface area (Å²) in [4.78, 5) is 6.90. The van der Waals surface area contributed by atoms with Gasteiger partial charge in [0.05, 0.1) is 20.3 Å². The molecule has 0 aliphatic heterocycles. The van der Waals surface area contributed by atoms with Crippen molar-refractivity contribution in [2.45, 2.75) is 19.9 Å². The standard InChI is InChI=1S/C18H32N4O2/c1-5-19-18(20-10-7-11-22(2)12-13-23-3)21-15-16-8-6-9-17(14-16)24-4/h6,8-9,14H,5,7,10-13,15H2,1-4H3,(H2,19,20,21). The second-order valence-electron chi connectivity index (χ2n) is 5.62. The molecule has 0 atom stereocenters. The highest BCUT2D eigenvalue weighted by atomic mass is 16.5. The third kappa shape index (κ3) is 8.74. The Morgan fingerprint density at radius 3 is 2.75 bits per heavy atom. The van der Waals surface area contributed by atoms with Crippen LogP contribution in [0.1, 0.15) is 18.9 Å². The Kier molecular flexibility index (Phi) is 10.6. The van der Waals surface area contributed by atoms with Crippen molar-refractivity contribution in [2.75, 3.05) is 54.1 Å². The number of hydrogen-bond donors (Lipinski definition) is 2. The second kappa shape index (κ2) is 12.6. The first kappa shape index (κ1) is 20.3. The van der Waals surface area contributed by atoms with Crippen LogP contribution in [-0.4, -0.2) is 64.9 Å². The first-order valence-corrected chi connectivity index (χ1v) is 8.52. The lowest BCUT2D eigenvalue weighted by Crippen LogP contribution is -2.38. The number of guanidine groups is 1. The van der Waals surface area contributed by atoms with Crippen molar-refractivity contribution < 1.29 is 9.47 Å². The van der Waals surface area contributed by atoms with Crippen molar-refractivity contribution in [3.63, 3.8) is 0 Å². The quantitative estimate of drug-likeness (QED) is 0.366. The summed E-state index contributed by atoms with van der Waals surface area (Å²) in [5, 5.41) is 6.66. The van der Waals surface area contributed by atoms with Crippen molar-refractivity contribution in [2.24, 2.45) is 4.99 Å². The molecule has 0 aromatic heterocycles. The lowest BCUT2D eigenvalue weighted by Gasteiger charge is -2.17. The van der Waals surface area contributed by atoms with Crippen molar-refractivity contribution in [1.29, 1.82) is 0 Å². The van der Waals surface area contributed by atoms with Crippen molar-refractivity contribution in [1.82, 2.24) is 15.5 Å². The van der Waals surface area contributed by atoms with Gasteiger partial charge in [-0.25, -0.2) is 4.99 Å². The van der Waals surface area contributed by atoms with Gasteiger partial charge in [-0.3, -0.25) is 0 Å². The highest BCUT2D eigenvalue weighted by Gasteiger charge is 2.01. The summed E-state index contributed by atoms with van der Waals surface area (Å²) in [5.41, 5.74) is 1.13. The van der Waals surface area contributed by atoms with Crippen LogP contribution in [0, 0.1) is 0 Å². The van der Waals surface area contributed by atoms with E-state index in [-0.39, 0.29) is 0 Å². The van der Waals surface area contributed by atoms with Gasteiger partial charge in [-0.15, -0.1) is 0 Å². The van der Waals surface area contributed by atoms with Gasteiger partial charge < -0.3 is 25.0 Å². The van der Waals surface area contributed by atoms with E-state index in [4.69, 9.17) is 9.47 Å². The molecule has 1 rings (SSSR count). The number of nitrogens with zero attached hydrogens (tertiary/aromatic N) is 2. The highest BCUT2D eigenvalue weighted by molar-refractivity contribution is 5.79. The first-order chi connectivity index (χ1) is 11.7. The summed E-state index contributed by atoms with van der Waals surface area (Å²) < 4.78 is 10.3. The number of nitrogens with one attached hydrogen (secondary N) is 2. The predicted octanol–water partition coefficient (Wildman–Crippen LogP) is 1.72. The lowest BCUT2D eigenvalue weighted by atomic mass is 10.2. The summed E-state index contributed by atoms with van der Waals surface area (Å²) in [6, 6.07) is 7.99. The van der Waals surface area contributed by atoms with E-state index in [1.807, 2.05) is 18.2 Å². The Labute approximate surface area is 146 Å². The van der Waals surface area contributed by atoms with E-state index in [1.165, 1.54) is 0 Å². The number of hydrogen-bond acceptors (Lipinski definition) is 4. The zero-order chi connectivity index (χ0) is 17.6. The average Bonchev–Trinajstić information content (AvgIpc) is 2.61. The smallest absolute Gasteiger partial charge is 0.191 e. The van der Waals surface area contributed by atoms with E-state index >= 15 is 0 Å². The van der Waals surface area contributed by atoms with Crippen LogP contribution in [0.5, 0.6) is 5.75 Å². The van der Waals surface area contributed by atoms with Crippen molar-refractivity contribution >= 4 is 5.96 Å². The molecule has 136 valence electrons. The maximum Gasteiger partial charge on any atom is 0.191 e. The van der Waals surface area contributed by atoms with Gasteiger partial charge in [-0.1, -0.05) is 12.1 Å². The van der Waals surface area contributed by atoms with Gasteiger partial charge in [-0.2, -0.15) is 0 Å². The molecular weight excluding hydrogens is 304 g/mol. The second-order valence-corrected chi connectivity index (χ2v) is 5.62. The van der Waals surface area contributed by atoms with Crippen LogP contribution in [0.3, 0.4) is 0 Å². The van der Waals surface area contributed by atoms with Gasteiger partial charge in [-0.05, 0) is 44.6 Å². The van der Waals surface area contributed by atoms with E-state index in [0.29, 0.717) is 6.54 Å². The number of ether oxygens (including phenoxy) is 2. The monoisotopic (exact) mass is 336 g/mol. The minimum absolute atomic E-state index is 0.625. The zero-order valence-electron chi connectivity index (χ0n) is 15.5. The summed E-state index contributed by atoms with van der Waals surface area (Å²) in [5.74, 6) is 1.71. The third-order valence-corrected chi connectivity index (χ3v) is 3.58. The Bertz CT molecular complexity index is 480. The molecule has 0 fully saturated rings. The van der Waals surface area contributed by atoms with E-state index in [1.54, 1.807) is 14.2 Å². The fraction of sp³-hybridized carbons (Fsp3) is 0.611. The SMILES string of the molecule is CCNC(=NCc1cccc(OC)c1)NCCCN(C)CCOC. The molecule has 0 saturated heterocycles.